The highest BCUT2D eigenvalue weighted by atomic mass is 16.6. The first-order valence-electron chi connectivity index (χ1n) is 11.9. The van der Waals surface area contributed by atoms with Crippen LogP contribution in [-0.4, -0.2) is 23.9 Å². The lowest BCUT2D eigenvalue weighted by atomic mass is 9.97. The fraction of sp³-hybridized carbons (Fsp3) is 0.267. The predicted octanol–water partition coefficient (Wildman–Crippen LogP) is 5.82. The van der Waals surface area contributed by atoms with Crippen molar-refractivity contribution in [1.29, 1.82) is 0 Å². The summed E-state index contributed by atoms with van der Waals surface area (Å²) in [6.45, 7) is 20.6. The maximum atomic E-state index is 12.5. The number of ether oxygens (including phenoxy) is 4. The van der Waals surface area contributed by atoms with Crippen LogP contribution in [0.2, 0.25) is 0 Å². The van der Waals surface area contributed by atoms with Gasteiger partial charge >= 0.3 is 23.9 Å². The van der Waals surface area contributed by atoms with Crippen LogP contribution >= 0.6 is 0 Å². The molecule has 0 aliphatic heterocycles. The highest BCUT2D eigenvalue weighted by Crippen LogP contribution is 2.54. The monoisotopic (exact) mass is 518 g/mol. The molecule has 0 bridgehead atoms. The molecule has 38 heavy (non-hydrogen) atoms. The molecule has 8 nitrogen and oxygen atoms in total. The summed E-state index contributed by atoms with van der Waals surface area (Å²) in [6, 6.07) is 6.13. The molecule has 3 rings (SSSR count). The van der Waals surface area contributed by atoms with Crippen molar-refractivity contribution in [3.8, 4) is 34.1 Å². The molecule has 0 radical (unpaired) electrons. The molecule has 198 valence electrons. The van der Waals surface area contributed by atoms with Gasteiger partial charge in [-0.2, -0.15) is 0 Å². The van der Waals surface area contributed by atoms with Crippen molar-refractivity contribution in [2.75, 3.05) is 0 Å². The van der Waals surface area contributed by atoms with E-state index >= 15 is 0 Å². The first-order chi connectivity index (χ1) is 17.7. The summed E-state index contributed by atoms with van der Waals surface area (Å²) >= 11 is 0. The molecule has 1 aliphatic rings. The van der Waals surface area contributed by atoms with Gasteiger partial charge in [-0.15, -0.1) is 0 Å². The quantitative estimate of drug-likeness (QED) is 0.244. The number of hydrogen-bond donors (Lipinski definition) is 0. The summed E-state index contributed by atoms with van der Waals surface area (Å²) in [4.78, 5) is 49.6. The van der Waals surface area contributed by atoms with Crippen molar-refractivity contribution in [3.05, 3.63) is 71.8 Å². The van der Waals surface area contributed by atoms with Gasteiger partial charge in [-0.25, -0.2) is 14.4 Å². The number of carbonyl (C=O) groups is 4. The van der Waals surface area contributed by atoms with E-state index in [1.165, 1.54) is 32.9 Å². The third kappa shape index (κ3) is 5.75. The molecule has 2 aromatic rings. The Labute approximate surface area is 221 Å². The number of carbonyl (C=O) groups excluding carboxylic acids is 4. The average molecular weight is 519 g/mol. The van der Waals surface area contributed by atoms with E-state index in [-0.39, 0.29) is 39.7 Å². The number of esters is 4. The van der Waals surface area contributed by atoms with Crippen LogP contribution in [0.1, 0.15) is 58.6 Å². The molecule has 2 aromatic carbocycles. The zero-order valence-corrected chi connectivity index (χ0v) is 22.4. The topological polar surface area (TPSA) is 105 Å². The molecule has 1 unspecified atom stereocenters. The first kappa shape index (κ1) is 28.1. The SMILES string of the molecule is C=C(C)C(=O)Oc1cc(OC(=O)C(=C)C)c2c(c1)-c1cc(OC(=O)C(C)C)cc(OC(=O)C(=C)C)c1C2C. The van der Waals surface area contributed by atoms with E-state index in [1.807, 2.05) is 6.92 Å². The zero-order valence-electron chi connectivity index (χ0n) is 22.4. The molecular weight excluding hydrogens is 488 g/mol. The third-order valence-corrected chi connectivity index (χ3v) is 5.74. The Bertz CT molecular complexity index is 1410. The van der Waals surface area contributed by atoms with E-state index in [0.29, 0.717) is 22.3 Å². The third-order valence-electron chi connectivity index (χ3n) is 5.74. The van der Waals surface area contributed by atoms with Crippen molar-refractivity contribution in [2.24, 2.45) is 5.92 Å². The van der Waals surface area contributed by atoms with Crippen molar-refractivity contribution < 1.29 is 38.1 Å². The van der Waals surface area contributed by atoms with E-state index < -0.39 is 35.7 Å². The van der Waals surface area contributed by atoms with Gasteiger partial charge in [0.25, 0.3) is 0 Å². The Morgan fingerprint density at radius 1 is 0.658 bits per heavy atom. The molecule has 0 spiro atoms. The normalized spacial score (nSPS) is 13.2. The van der Waals surface area contributed by atoms with Gasteiger partial charge in [-0.1, -0.05) is 40.5 Å². The molecule has 8 heteroatoms. The van der Waals surface area contributed by atoms with E-state index in [4.69, 9.17) is 18.9 Å². The molecule has 0 heterocycles. The molecule has 0 fully saturated rings. The van der Waals surface area contributed by atoms with Crippen LogP contribution in [0.15, 0.2) is 60.7 Å². The lowest BCUT2D eigenvalue weighted by molar-refractivity contribution is -0.137. The number of hydrogen-bond acceptors (Lipinski definition) is 8. The summed E-state index contributed by atoms with van der Waals surface area (Å²) in [6.07, 6.45) is 0. The fourth-order valence-corrected chi connectivity index (χ4v) is 3.77. The van der Waals surface area contributed by atoms with Gasteiger partial charge in [-0.3, -0.25) is 4.79 Å². The Morgan fingerprint density at radius 2 is 1.03 bits per heavy atom. The molecule has 0 amide bonds. The number of rotatable bonds is 8. The zero-order chi connectivity index (χ0) is 28.5. The molecule has 0 aromatic heterocycles. The Hall–Kier alpha value is -4.46. The first-order valence-corrected chi connectivity index (χ1v) is 11.9. The Balaban J connectivity index is 2.28. The molecule has 1 atom stereocenters. The van der Waals surface area contributed by atoms with Crippen LogP contribution in [0.3, 0.4) is 0 Å². The summed E-state index contributed by atoms with van der Waals surface area (Å²) in [5, 5.41) is 0. The second kappa shape index (κ2) is 10.9. The second-order valence-electron chi connectivity index (χ2n) is 9.57. The van der Waals surface area contributed by atoms with Gasteiger partial charge < -0.3 is 18.9 Å². The fourth-order valence-electron chi connectivity index (χ4n) is 3.77. The van der Waals surface area contributed by atoms with Crippen LogP contribution in [0.25, 0.3) is 11.1 Å². The molecule has 0 saturated heterocycles. The summed E-state index contributed by atoms with van der Waals surface area (Å²) in [5.74, 6) is -2.75. The largest absolute Gasteiger partial charge is 0.426 e. The van der Waals surface area contributed by atoms with E-state index in [9.17, 15) is 19.2 Å². The lowest BCUT2D eigenvalue weighted by Gasteiger charge is -2.16. The molecule has 1 aliphatic carbocycles. The van der Waals surface area contributed by atoms with Gasteiger partial charge in [0.05, 0.1) is 5.92 Å². The van der Waals surface area contributed by atoms with Crippen molar-refractivity contribution in [2.45, 2.75) is 47.5 Å². The van der Waals surface area contributed by atoms with Gasteiger partial charge in [0.2, 0.25) is 0 Å². The maximum absolute atomic E-state index is 12.5. The van der Waals surface area contributed by atoms with Gasteiger partial charge in [-0.05, 0) is 44.0 Å². The molecule has 0 saturated carbocycles. The minimum absolute atomic E-state index is 0.103. The minimum atomic E-state index is -0.667. The van der Waals surface area contributed by atoms with Gasteiger partial charge in [0.1, 0.15) is 23.0 Å². The Kier molecular flexibility index (Phi) is 8.05. The second-order valence-corrected chi connectivity index (χ2v) is 9.57. The lowest BCUT2D eigenvalue weighted by Crippen LogP contribution is -2.15. The van der Waals surface area contributed by atoms with Crippen LogP contribution in [-0.2, 0) is 19.2 Å². The smallest absolute Gasteiger partial charge is 0.338 e. The van der Waals surface area contributed by atoms with E-state index in [0.717, 1.165) is 0 Å². The molecule has 0 N–H and O–H groups in total. The van der Waals surface area contributed by atoms with Crippen LogP contribution in [0.5, 0.6) is 23.0 Å². The predicted molar refractivity (Wildman–Crippen MR) is 141 cm³/mol. The van der Waals surface area contributed by atoms with E-state index in [2.05, 4.69) is 19.7 Å². The van der Waals surface area contributed by atoms with Crippen molar-refractivity contribution >= 4 is 23.9 Å². The Morgan fingerprint density at radius 3 is 1.39 bits per heavy atom. The highest BCUT2D eigenvalue weighted by molar-refractivity contribution is 5.94. The highest BCUT2D eigenvalue weighted by Gasteiger charge is 2.35. The van der Waals surface area contributed by atoms with Crippen molar-refractivity contribution in [1.82, 2.24) is 0 Å². The minimum Gasteiger partial charge on any atom is -0.426 e. The summed E-state index contributed by atoms with van der Waals surface area (Å²) < 4.78 is 22.3. The van der Waals surface area contributed by atoms with E-state index in [1.54, 1.807) is 26.0 Å². The number of benzene rings is 2. The van der Waals surface area contributed by atoms with Crippen molar-refractivity contribution in [3.63, 3.8) is 0 Å². The summed E-state index contributed by atoms with van der Waals surface area (Å²) in [7, 11) is 0. The summed E-state index contributed by atoms with van der Waals surface area (Å²) in [5.41, 5.74) is 2.80. The number of fused-ring (bicyclic) bond motifs is 3. The average Bonchev–Trinajstić information content (AvgIpc) is 3.10. The van der Waals surface area contributed by atoms with Gasteiger partial charge in [0.15, 0.2) is 0 Å². The van der Waals surface area contributed by atoms with Gasteiger partial charge in [0, 0.05) is 45.9 Å². The molecular formula is C30H30O8. The maximum Gasteiger partial charge on any atom is 0.338 e. The van der Waals surface area contributed by atoms with Crippen LogP contribution in [0, 0.1) is 5.92 Å². The van der Waals surface area contributed by atoms with Crippen LogP contribution < -0.4 is 18.9 Å². The standard InChI is InChI=1S/C30H30O8/c1-14(2)27(31)35-19-10-21-22-11-20(36-28(32)15(3)4)13-24(38-30(34)17(7)8)26(22)18(9)25(21)23(12-19)37-29(33)16(5)6/h10-13,15,18H,1,5,7H2,2-4,6,8-9H3. The van der Waals surface area contributed by atoms with Crippen LogP contribution in [0.4, 0.5) is 0 Å².